The molecule has 5 rings (SSSR count). The Balaban J connectivity index is 1.27. The van der Waals surface area contributed by atoms with Gasteiger partial charge in [0.05, 0.1) is 19.0 Å². The standard InChI is InChI=1S/C37H38N2O6S/c1-4-44-33-21-26(13-18-32(33)43-3)19-20-38-35(41)23-34-36(42)39(30-12-8-11-29(22-30)25(2)40)37(46-34)28-14-16-31(17-15-28)45-24-27-9-6-5-7-10-27/h5-18,21-22,34,37H,4,19-20,23-24H2,1-3H3,(H,38,41)/t34-,37+/m1/s1. The minimum Gasteiger partial charge on any atom is -0.493 e. The van der Waals surface area contributed by atoms with Gasteiger partial charge < -0.3 is 19.5 Å². The van der Waals surface area contributed by atoms with Crippen molar-refractivity contribution in [3.05, 3.63) is 119 Å². The molecule has 2 amide bonds. The Morgan fingerprint density at radius 2 is 1.65 bits per heavy atom. The van der Waals surface area contributed by atoms with Crippen LogP contribution < -0.4 is 24.4 Å². The minimum absolute atomic E-state index is 0.0357. The lowest BCUT2D eigenvalue weighted by Crippen LogP contribution is -2.34. The highest BCUT2D eigenvalue weighted by Gasteiger charge is 2.43. The zero-order valence-electron chi connectivity index (χ0n) is 26.2. The van der Waals surface area contributed by atoms with Crippen molar-refractivity contribution in [2.75, 3.05) is 25.2 Å². The molecule has 1 aliphatic rings. The molecular weight excluding hydrogens is 600 g/mol. The van der Waals surface area contributed by atoms with Crippen molar-refractivity contribution in [2.45, 2.75) is 43.9 Å². The van der Waals surface area contributed by atoms with E-state index >= 15 is 0 Å². The normalized spacial score (nSPS) is 15.8. The maximum atomic E-state index is 13.9. The Labute approximate surface area is 274 Å². The summed E-state index contributed by atoms with van der Waals surface area (Å²) >= 11 is 1.43. The Morgan fingerprint density at radius 3 is 2.37 bits per heavy atom. The van der Waals surface area contributed by atoms with Gasteiger partial charge in [0.15, 0.2) is 17.3 Å². The van der Waals surface area contributed by atoms with E-state index in [1.807, 2.05) is 85.8 Å². The smallest absolute Gasteiger partial charge is 0.241 e. The van der Waals surface area contributed by atoms with E-state index in [0.717, 1.165) is 16.7 Å². The molecule has 1 fully saturated rings. The predicted molar refractivity (Wildman–Crippen MR) is 181 cm³/mol. The molecule has 9 heteroatoms. The first-order valence-electron chi connectivity index (χ1n) is 15.3. The van der Waals surface area contributed by atoms with Gasteiger partial charge in [-0.25, -0.2) is 0 Å². The number of methoxy groups -OCH3 is 1. The van der Waals surface area contributed by atoms with Crippen LogP contribution in [-0.4, -0.2) is 43.1 Å². The number of amides is 2. The summed E-state index contributed by atoms with van der Waals surface area (Å²) in [5.74, 6) is 1.58. The van der Waals surface area contributed by atoms with Crippen molar-refractivity contribution in [3.63, 3.8) is 0 Å². The van der Waals surface area contributed by atoms with Crippen molar-refractivity contribution in [2.24, 2.45) is 0 Å². The topological polar surface area (TPSA) is 94.2 Å². The van der Waals surface area contributed by atoms with Gasteiger partial charge in [-0.1, -0.05) is 60.7 Å². The molecule has 8 nitrogen and oxygen atoms in total. The summed E-state index contributed by atoms with van der Waals surface area (Å²) < 4.78 is 17.0. The van der Waals surface area contributed by atoms with Crippen LogP contribution in [0.5, 0.6) is 17.2 Å². The number of carbonyl (C=O) groups is 3. The number of thioether (sulfide) groups is 1. The molecule has 4 aromatic rings. The maximum absolute atomic E-state index is 13.9. The Kier molecular flexibility index (Phi) is 11.0. The van der Waals surface area contributed by atoms with E-state index < -0.39 is 5.25 Å². The highest BCUT2D eigenvalue weighted by Crippen LogP contribution is 2.47. The second kappa shape index (κ2) is 15.5. The largest absolute Gasteiger partial charge is 0.493 e. The van der Waals surface area contributed by atoms with Crippen LogP contribution in [0.25, 0.3) is 0 Å². The van der Waals surface area contributed by atoms with E-state index in [4.69, 9.17) is 14.2 Å². The number of anilines is 1. The molecule has 0 bridgehead atoms. The van der Waals surface area contributed by atoms with E-state index in [2.05, 4.69) is 5.32 Å². The van der Waals surface area contributed by atoms with Crippen LogP contribution in [0.2, 0.25) is 0 Å². The van der Waals surface area contributed by atoms with E-state index in [0.29, 0.717) is 54.7 Å². The summed E-state index contributed by atoms with van der Waals surface area (Å²) in [6, 6.07) is 30.4. The van der Waals surface area contributed by atoms with Crippen molar-refractivity contribution in [3.8, 4) is 17.2 Å². The molecule has 2 atom stereocenters. The lowest BCUT2D eigenvalue weighted by Gasteiger charge is -2.25. The average molecular weight is 639 g/mol. The highest BCUT2D eigenvalue weighted by molar-refractivity contribution is 8.01. The fourth-order valence-corrected chi connectivity index (χ4v) is 6.70. The van der Waals surface area contributed by atoms with Crippen LogP contribution in [0, 0.1) is 0 Å². The molecule has 0 unspecified atom stereocenters. The molecule has 1 N–H and O–H groups in total. The zero-order valence-corrected chi connectivity index (χ0v) is 27.0. The van der Waals surface area contributed by atoms with E-state index in [9.17, 15) is 14.4 Å². The Morgan fingerprint density at radius 1 is 0.870 bits per heavy atom. The number of hydrogen-bond donors (Lipinski definition) is 1. The van der Waals surface area contributed by atoms with E-state index in [1.54, 1.807) is 30.2 Å². The molecule has 0 radical (unpaired) electrons. The van der Waals surface area contributed by atoms with Crippen LogP contribution in [0.15, 0.2) is 97.1 Å². The Bertz CT molecular complexity index is 1660. The quantitative estimate of drug-likeness (QED) is 0.152. The van der Waals surface area contributed by atoms with Gasteiger partial charge >= 0.3 is 0 Å². The summed E-state index contributed by atoms with van der Waals surface area (Å²) in [5, 5.41) is 2.00. The molecule has 46 heavy (non-hydrogen) atoms. The highest BCUT2D eigenvalue weighted by atomic mass is 32.2. The first-order valence-corrected chi connectivity index (χ1v) is 16.2. The summed E-state index contributed by atoms with van der Waals surface area (Å²) in [6.45, 7) is 4.80. The van der Waals surface area contributed by atoms with Gasteiger partial charge in [-0.15, -0.1) is 11.8 Å². The molecule has 0 aliphatic carbocycles. The molecule has 0 aromatic heterocycles. The monoisotopic (exact) mass is 638 g/mol. The third-order valence-corrected chi connectivity index (χ3v) is 9.06. The number of benzene rings is 4. The lowest BCUT2D eigenvalue weighted by molar-refractivity contribution is -0.124. The van der Waals surface area contributed by atoms with Gasteiger partial charge in [-0.05, 0) is 73.4 Å². The van der Waals surface area contributed by atoms with Crippen LogP contribution in [0.1, 0.15) is 52.7 Å². The van der Waals surface area contributed by atoms with E-state index in [1.165, 1.54) is 18.7 Å². The van der Waals surface area contributed by atoms with Crippen LogP contribution in [-0.2, 0) is 22.6 Å². The van der Waals surface area contributed by atoms with Crippen LogP contribution in [0.4, 0.5) is 5.69 Å². The fourth-order valence-electron chi connectivity index (χ4n) is 5.25. The summed E-state index contributed by atoms with van der Waals surface area (Å²) in [4.78, 5) is 40.8. The van der Waals surface area contributed by atoms with Gasteiger partial charge in [0.25, 0.3) is 0 Å². The first kappa shape index (κ1) is 32.6. The SMILES string of the molecule is CCOc1cc(CCNC(=O)C[C@H]2S[C@@H](c3ccc(OCc4ccccc4)cc3)N(c3cccc(C(C)=O)c3)C2=O)ccc1OC. The molecule has 4 aromatic carbocycles. The van der Waals surface area contributed by atoms with Crippen molar-refractivity contribution >= 4 is 35.0 Å². The number of hydrogen-bond acceptors (Lipinski definition) is 7. The van der Waals surface area contributed by atoms with Gasteiger partial charge in [0.2, 0.25) is 11.8 Å². The van der Waals surface area contributed by atoms with Gasteiger partial charge in [-0.2, -0.15) is 0 Å². The number of Topliss-reactive ketones (excluding diaryl/α,β-unsaturated/α-hetero) is 1. The van der Waals surface area contributed by atoms with Crippen molar-refractivity contribution < 1.29 is 28.6 Å². The number of nitrogens with zero attached hydrogens (tertiary/aromatic N) is 1. The maximum Gasteiger partial charge on any atom is 0.241 e. The minimum atomic E-state index is -0.592. The van der Waals surface area contributed by atoms with Crippen LogP contribution >= 0.6 is 11.8 Å². The Hall–Kier alpha value is -4.76. The van der Waals surface area contributed by atoms with Crippen molar-refractivity contribution in [1.29, 1.82) is 0 Å². The summed E-state index contributed by atoms with van der Waals surface area (Å²) in [7, 11) is 1.60. The molecule has 1 heterocycles. The second-order valence-electron chi connectivity index (χ2n) is 10.9. The molecule has 0 spiro atoms. The molecule has 1 aliphatic heterocycles. The van der Waals surface area contributed by atoms with Crippen molar-refractivity contribution in [1.82, 2.24) is 5.32 Å². The van der Waals surface area contributed by atoms with E-state index in [-0.39, 0.29) is 29.4 Å². The molecule has 238 valence electrons. The molecular formula is C37H38N2O6S. The number of ketones is 1. The first-order chi connectivity index (χ1) is 22.4. The predicted octanol–water partition coefficient (Wildman–Crippen LogP) is 6.77. The molecule has 1 saturated heterocycles. The van der Waals surface area contributed by atoms with Gasteiger partial charge in [0, 0.05) is 24.2 Å². The fraction of sp³-hybridized carbons (Fsp3) is 0.270. The summed E-state index contributed by atoms with van der Waals surface area (Å²) in [5.41, 5.74) is 4.10. The number of nitrogens with one attached hydrogen (secondary N) is 1. The third-order valence-electron chi connectivity index (χ3n) is 7.62. The second-order valence-corrected chi connectivity index (χ2v) is 12.1. The number of rotatable bonds is 14. The van der Waals surface area contributed by atoms with Gasteiger partial charge in [-0.3, -0.25) is 19.3 Å². The number of carbonyl (C=O) groups excluding carboxylic acids is 3. The lowest BCUT2D eigenvalue weighted by atomic mass is 10.1. The molecule has 0 saturated carbocycles. The summed E-state index contributed by atoms with van der Waals surface area (Å²) in [6.07, 6.45) is 0.640. The number of ether oxygens (including phenoxy) is 3. The van der Waals surface area contributed by atoms with Crippen LogP contribution in [0.3, 0.4) is 0 Å². The van der Waals surface area contributed by atoms with Gasteiger partial charge in [0.1, 0.15) is 17.7 Å². The average Bonchev–Trinajstić information content (AvgIpc) is 3.39. The third kappa shape index (κ3) is 8.09. The zero-order chi connectivity index (χ0) is 32.5.